The molecule has 2 heterocycles. The Bertz CT molecular complexity index is 1560. The highest BCUT2D eigenvalue weighted by Gasteiger charge is 2.31. The first-order valence-corrected chi connectivity index (χ1v) is 11.2. The van der Waals surface area contributed by atoms with E-state index in [1.54, 1.807) is 18.5 Å². The molecule has 0 bridgehead atoms. The molecule has 5 nitrogen and oxygen atoms in total. The van der Waals surface area contributed by atoms with Crippen molar-refractivity contribution in [2.24, 2.45) is 0 Å². The summed E-state index contributed by atoms with van der Waals surface area (Å²) < 4.78 is 51.3. The Morgan fingerprint density at radius 3 is 2.53 bits per heavy atom. The molecule has 182 valence electrons. The van der Waals surface area contributed by atoms with Crippen LogP contribution in [0.2, 0.25) is 0 Å². The van der Waals surface area contributed by atoms with Crippen molar-refractivity contribution in [2.75, 3.05) is 12.4 Å². The first kappa shape index (κ1) is 23.4. The number of nitrogens with zero attached hydrogens (tertiary/aromatic N) is 2. The van der Waals surface area contributed by atoms with Crippen LogP contribution in [0.5, 0.6) is 17.2 Å². The number of rotatable bonds is 6. The lowest BCUT2D eigenvalue weighted by Gasteiger charge is -2.19. The first-order valence-electron chi connectivity index (χ1n) is 11.2. The largest absolute Gasteiger partial charge is 0.493 e. The molecule has 0 fully saturated rings. The molecular weight excluding hydrogens is 467 g/mol. The number of methoxy groups -OCH3 is 1. The van der Waals surface area contributed by atoms with Crippen molar-refractivity contribution in [3.8, 4) is 17.2 Å². The van der Waals surface area contributed by atoms with Crippen molar-refractivity contribution in [1.82, 2.24) is 9.97 Å². The van der Waals surface area contributed by atoms with Crippen molar-refractivity contribution in [1.29, 1.82) is 0 Å². The summed E-state index contributed by atoms with van der Waals surface area (Å²) in [6, 6.07) is 18.2. The number of aromatic nitrogens is 2. The zero-order chi connectivity index (χ0) is 25.3. The molecule has 5 aromatic rings. The Hall–Kier alpha value is -4.33. The summed E-state index contributed by atoms with van der Waals surface area (Å²) in [7, 11) is 1.49. The number of pyridine rings is 2. The van der Waals surface area contributed by atoms with Gasteiger partial charge in [0.15, 0.2) is 11.5 Å². The van der Waals surface area contributed by atoms with Crippen molar-refractivity contribution in [3.05, 3.63) is 95.8 Å². The van der Waals surface area contributed by atoms with E-state index in [2.05, 4.69) is 15.3 Å². The summed E-state index contributed by atoms with van der Waals surface area (Å²) in [5.74, 6) is 0.729. The minimum Gasteiger partial charge on any atom is -0.493 e. The molecule has 5 rings (SSSR count). The van der Waals surface area contributed by atoms with E-state index in [-0.39, 0.29) is 5.75 Å². The number of anilines is 1. The summed E-state index contributed by atoms with van der Waals surface area (Å²) in [4.78, 5) is 8.97. The predicted molar refractivity (Wildman–Crippen MR) is 134 cm³/mol. The van der Waals surface area contributed by atoms with Gasteiger partial charge in [-0.15, -0.1) is 0 Å². The standard InChI is InChI=1S/C28H22F3N3O2/c1-17-10-12-33-26-23(34-16-18-11-13-32-22-9-4-3-8-21(18)22)15-24(35-2)27(25(17)26)36-20-7-5-6-19(14-20)28(29,30)31/h3-15,34H,16H2,1-2H3. The van der Waals surface area contributed by atoms with Crippen LogP contribution in [0, 0.1) is 6.92 Å². The summed E-state index contributed by atoms with van der Waals surface area (Å²) in [6.45, 7) is 2.40. The van der Waals surface area contributed by atoms with Crippen molar-refractivity contribution in [3.63, 3.8) is 0 Å². The number of halogens is 3. The normalized spacial score (nSPS) is 11.6. The number of ether oxygens (including phenoxy) is 2. The molecule has 0 unspecified atom stereocenters. The second-order valence-corrected chi connectivity index (χ2v) is 8.28. The lowest BCUT2D eigenvalue weighted by atomic mass is 10.1. The van der Waals surface area contributed by atoms with E-state index in [0.717, 1.165) is 34.2 Å². The number of alkyl halides is 3. The molecule has 0 atom stereocenters. The van der Waals surface area contributed by atoms with Crippen LogP contribution in [0.4, 0.5) is 18.9 Å². The highest BCUT2D eigenvalue weighted by molar-refractivity contribution is 5.99. The monoisotopic (exact) mass is 489 g/mol. The van der Waals surface area contributed by atoms with Crippen molar-refractivity contribution >= 4 is 27.5 Å². The maximum Gasteiger partial charge on any atom is 0.416 e. The zero-order valence-electron chi connectivity index (χ0n) is 19.6. The van der Waals surface area contributed by atoms with E-state index in [0.29, 0.717) is 34.6 Å². The van der Waals surface area contributed by atoms with Crippen LogP contribution >= 0.6 is 0 Å². The lowest BCUT2D eigenvalue weighted by Crippen LogP contribution is -2.05. The average molecular weight is 489 g/mol. The Morgan fingerprint density at radius 2 is 1.72 bits per heavy atom. The van der Waals surface area contributed by atoms with Gasteiger partial charge >= 0.3 is 6.18 Å². The Balaban J connectivity index is 1.56. The molecule has 0 radical (unpaired) electrons. The molecule has 3 aromatic carbocycles. The van der Waals surface area contributed by atoms with Gasteiger partial charge in [0.2, 0.25) is 0 Å². The minimum atomic E-state index is -4.48. The fraction of sp³-hybridized carbons (Fsp3) is 0.143. The van der Waals surface area contributed by atoms with E-state index in [4.69, 9.17) is 9.47 Å². The van der Waals surface area contributed by atoms with Gasteiger partial charge in [-0.3, -0.25) is 9.97 Å². The predicted octanol–water partition coefficient (Wildman–Crippen LogP) is 7.52. The van der Waals surface area contributed by atoms with Gasteiger partial charge in [-0.2, -0.15) is 13.2 Å². The number of hydrogen-bond donors (Lipinski definition) is 1. The second kappa shape index (κ2) is 9.37. The third-order valence-corrected chi connectivity index (χ3v) is 5.95. The summed E-state index contributed by atoms with van der Waals surface area (Å²) >= 11 is 0. The second-order valence-electron chi connectivity index (χ2n) is 8.28. The number of benzene rings is 3. The highest BCUT2D eigenvalue weighted by atomic mass is 19.4. The number of fused-ring (bicyclic) bond motifs is 2. The summed E-state index contributed by atoms with van der Waals surface area (Å²) in [5.41, 5.74) is 3.35. The third kappa shape index (κ3) is 4.49. The summed E-state index contributed by atoms with van der Waals surface area (Å²) in [5, 5.41) is 5.13. The smallest absolute Gasteiger partial charge is 0.416 e. The molecule has 2 aromatic heterocycles. The van der Waals surface area contributed by atoms with E-state index < -0.39 is 11.7 Å². The SMILES string of the molecule is COc1cc(NCc2ccnc3ccccc23)c2nccc(C)c2c1Oc1cccc(C(F)(F)F)c1. The topological polar surface area (TPSA) is 56.3 Å². The lowest BCUT2D eigenvalue weighted by molar-refractivity contribution is -0.137. The van der Waals surface area contributed by atoms with Crippen LogP contribution < -0.4 is 14.8 Å². The fourth-order valence-electron chi connectivity index (χ4n) is 4.18. The maximum absolute atomic E-state index is 13.2. The third-order valence-electron chi connectivity index (χ3n) is 5.95. The molecule has 0 aliphatic rings. The van der Waals surface area contributed by atoms with Crippen LogP contribution in [0.1, 0.15) is 16.7 Å². The van der Waals surface area contributed by atoms with Gasteiger partial charge in [-0.1, -0.05) is 24.3 Å². The van der Waals surface area contributed by atoms with Gasteiger partial charge in [0.1, 0.15) is 5.75 Å². The number of nitrogens with one attached hydrogen (secondary N) is 1. The van der Waals surface area contributed by atoms with E-state index in [1.165, 1.54) is 19.2 Å². The Labute approximate surface area is 205 Å². The minimum absolute atomic E-state index is 0.0524. The fourth-order valence-corrected chi connectivity index (χ4v) is 4.18. The number of para-hydroxylation sites is 1. The van der Waals surface area contributed by atoms with Crippen LogP contribution in [0.15, 0.2) is 79.1 Å². The van der Waals surface area contributed by atoms with Crippen LogP contribution in [0.3, 0.4) is 0 Å². The molecule has 8 heteroatoms. The number of hydrogen-bond acceptors (Lipinski definition) is 5. The molecule has 0 spiro atoms. The molecule has 0 aliphatic heterocycles. The molecule has 0 saturated carbocycles. The molecule has 1 N–H and O–H groups in total. The van der Waals surface area contributed by atoms with Crippen LogP contribution in [-0.4, -0.2) is 17.1 Å². The average Bonchev–Trinajstić information content (AvgIpc) is 2.88. The van der Waals surface area contributed by atoms with Gasteiger partial charge in [0, 0.05) is 30.4 Å². The molecular formula is C28H22F3N3O2. The Kier molecular flexibility index (Phi) is 6.10. The quantitative estimate of drug-likeness (QED) is 0.267. The maximum atomic E-state index is 13.2. The molecule has 0 amide bonds. The molecule has 0 aliphatic carbocycles. The molecule has 36 heavy (non-hydrogen) atoms. The Morgan fingerprint density at radius 1 is 0.917 bits per heavy atom. The molecule has 0 saturated heterocycles. The van der Waals surface area contributed by atoms with Gasteiger partial charge in [0.25, 0.3) is 0 Å². The highest BCUT2D eigenvalue weighted by Crippen LogP contribution is 2.44. The van der Waals surface area contributed by atoms with Crippen molar-refractivity contribution in [2.45, 2.75) is 19.6 Å². The van der Waals surface area contributed by atoms with Gasteiger partial charge in [-0.25, -0.2) is 0 Å². The van der Waals surface area contributed by atoms with Crippen molar-refractivity contribution < 1.29 is 22.6 Å². The van der Waals surface area contributed by atoms with Crippen LogP contribution in [0.25, 0.3) is 21.8 Å². The van der Waals surface area contributed by atoms with Gasteiger partial charge in [0.05, 0.1) is 34.8 Å². The summed E-state index contributed by atoms with van der Waals surface area (Å²) in [6.07, 6.45) is -1.02. The van der Waals surface area contributed by atoms with Crippen LogP contribution in [-0.2, 0) is 12.7 Å². The van der Waals surface area contributed by atoms with E-state index >= 15 is 0 Å². The van der Waals surface area contributed by atoms with E-state index in [9.17, 15) is 13.2 Å². The van der Waals surface area contributed by atoms with E-state index in [1.807, 2.05) is 43.3 Å². The van der Waals surface area contributed by atoms with Gasteiger partial charge < -0.3 is 14.8 Å². The zero-order valence-corrected chi connectivity index (χ0v) is 19.6. The number of aryl methyl sites for hydroxylation is 1. The first-order chi connectivity index (χ1) is 17.3. The van der Waals surface area contributed by atoms with Gasteiger partial charge in [-0.05, 0) is 54.4 Å².